The molecule has 0 bridgehead atoms. The number of alkyl halides is 3. The van der Waals surface area contributed by atoms with E-state index in [-0.39, 0.29) is 11.1 Å². The zero-order valence-electron chi connectivity index (χ0n) is 9.22. The summed E-state index contributed by atoms with van der Waals surface area (Å²) in [6.45, 7) is 0. The molecule has 1 atom stereocenters. The molecule has 0 aliphatic rings. The van der Waals surface area contributed by atoms with E-state index in [9.17, 15) is 18.3 Å². The molecule has 0 spiro atoms. The van der Waals surface area contributed by atoms with Gasteiger partial charge in [0.2, 0.25) is 5.60 Å². The number of hydrogen-bond acceptors (Lipinski definition) is 2. The second-order valence-corrected chi connectivity index (χ2v) is 3.82. The molecule has 0 aliphatic heterocycles. The first kappa shape index (κ1) is 12.6. The van der Waals surface area contributed by atoms with Gasteiger partial charge in [0.1, 0.15) is 0 Å². The van der Waals surface area contributed by atoms with Crippen molar-refractivity contribution in [1.29, 1.82) is 0 Å². The second kappa shape index (κ2) is 4.42. The van der Waals surface area contributed by atoms with Gasteiger partial charge >= 0.3 is 6.18 Å². The maximum Gasteiger partial charge on any atom is 0.425 e. The Morgan fingerprint density at radius 1 is 0.889 bits per heavy atom. The summed E-state index contributed by atoms with van der Waals surface area (Å²) in [5, 5.41) is 10.1. The van der Waals surface area contributed by atoms with Gasteiger partial charge in [-0.1, -0.05) is 36.4 Å². The molecular formula is C13H10F3NO. The largest absolute Gasteiger partial charge is 0.425 e. The van der Waals surface area contributed by atoms with E-state index >= 15 is 0 Å². The summed E-state index contributed by atoms with van der Waals surface area (Å²) >= 11 is 0. The van der Waals surface area contributed by atoms with Crippen LogP contribution in [0.15, 0.2) is 54.9 Å². The molecule has 1 unspecified atom stereocenters. The molecule has 0 fully saturated rings. The molecule has 0 amide bonds. The zero-order valence-corrected chi connectivity index (χ0v) is 9.22. The van der Waals surface area contributed by atoms with E-state index in [2.05, 4.69) is 4.98 Å². The molecule has 0 saturated heterocycles. The van der Waals surface area contributed by atoms with Gasteiger partial charge in [-0.05, 0) is 11.6 Å². The topological polar surface area (TPSA) is 33.1 Å². The minimum Gasteiger partial charge on any atom is -0.372 e. The molecule has 0 aliphatic carbocycles. The van der Waals surface area contributed by atoms with Crippen molar-refractivity contribution in [2.45, 2.75) is 11.8 Å². The van der Waals surface area contributed by atoms with E-state index < -0.39 is 11.8 Å². The fourth-order valence-corrected chi connectivity index (χ4v) is 1.75. The molecule has 1 heterocycles. The quantitative estimate of drug-likeness (QED) is 0.892. The van der Waals surface area contributed by atoms with Crippen molar-refractivity contribution in [3.8, 4) is 0 Å². The Hall–Kier alpha value is -1.88. The van der Waals surface area contributed by atoms with Crippen LogP contribution in [0.2, 0.25) is 0 Å². The average molecular weight is 253 g/mol. The number of pyridine rings is 1. The Balaban J connectivity index is 2.63. The van der Waals surface area contributed by atoms with Crippen molar-refractivity contribution in [1.82, 2.24) is 4.98 Å². The summed E-state index contributed by atoms with van der Waals surface area (Å²) in [7, 11) is 0. The first-order chi connectivity index (χ1) is 8.46. The maximum atomic E-state index is 13.2. The van der Waals surface area contributed by atoms with Gasteiger partial charge in [0.05, 0.1) is 0 Å². The fraction of sp³-hybridized carbons (Fsp3) is 0.154. The summed E-state index contributed by atoms with van der Waals surface area (Å²) in [6.07, 6.45) is -2.46. The van der Waals surface area contributed by atoms with Crippen LogP contribution in [0.3, 0.4) is 0 Å². The first-order valence-corrected chi connectivity index (χ1v) is 5.21. The Morgan fingerprint density at radius 2 is 1.50 bits per heavy atom. The number of benzene rings is 1. The molecule has 0 radical (unpaired) electrons. The second-order valence-electron chi connectivity index (χ2n) is 3.82. The van der Waals surface area contributed by atoms with E-state index in [1.165, 1.54) is 42.6 Å². The van der Waals surface area contributed by atoms with Gasteiger partial charge in [-0.15, -0.1) is 0 Å². The van der Waals surface area contributed by atoms with Gasteiger partial charge < -0.3 is 5.11 Å². The third kappa shape index (κ3) is 1.97. The molecule has 2 aromatic rings. The number of nitrogens with zero attached hydrogens (tertiary/aromatic N) is 1. The van der Waals surface area contributed by atoms with E-state index in [0.717, 1.165) is 6.20 Å². The van der Waals surface area contributed by atoms with E-state index in [1.807, 2.05) is 0 Å². The number of aliphatic hydroxyl groups is 1. The van der Waals surface area contributed by atoms with Gasteiger partial charge in [0.25, 0.3) is 0 Å². The Kier molecular flexibility index (Phi) is 3.09. The van der Waals surface area contributed by atoms with Gasteiger partial charge in [-0.25, -0.2) is 0 Å². The molecule has 1 N–H and O–H groups in total. The van der Waals surface area contributed by atoms with Gasteiger partial charge in [-0.2, -0.15) is 13.2 Å². The summed E-state index contributed by atoms with van der Waals surface area (Å²) in [5.41, 5.74) is -3.57. The molecular weight excluding hydrogens is 243 g/mol. The van der Waals surface area contributed by atoms with E-state index in [0.29, 0.717) is 0 Å². The fourth-order valence-electron chi connectivity index (χ4n) is 1.75. The third-order valence-corrected chi connectivity index (χ3v) is 2.68. The lowest BCUT2D eigenvalue weighted by molar-refractivity contribution is -0.248. The highest BCUT2D eigenvalue weighted by Gasteiger charge is 2.56. The molecule has 5 heteroatoms. The number of hydrogen-bond donors (Lipinski definition) is 1. The maximum absolute atomic E-state index is 13.2. The number of halogens is 3. The lowest BCUT2D eigenvalue weighted by atomic mass is 9.87. The number of rotatable bonds is 2. The van der Waals surface area contributed by atoms with Crippen molar-refractivity contribution in [2.24, 2.45) is 0 Å². The number of aromatic nitrogens is 1. The van der Waals surface area contributed by atoms with Crippen molar-refractivity contribution in [3.63, 3.8) is 0 Å². The standard InChI is InChI=1S/C13H10F3NO/c14-13(15,16)12(18,10-5-2-1-3-6-10)11-7-4-8-17-9-11/h1-9,18H. The van der Waals surface area contributed by atoms with Crippen molar-refractivity contribution in [3.05, 3.63) is 66.0 Å². The summed E-state index contributed by atoms with van der Waals surface area (Å²) < 4.78 is 39.6. The first-order valence-electron chi connectivity index (χ1n) is 5.21. The van der Waals surface area contributed by atoms with Gasteiger partial charge in [0.15, 0.2) is 0 Å². The highest BCUT2D eigenvalue weighted by molar-refractivity contribution is 5.36. The summed E-state index contributed by atoms with van der Waals surface area (Å²) in [6, 6.07) is 9.51. The van der Waals surface area contributed by atoms with Crippen molar-refractivity contribution < 1.29 is 18.3 Å². The van der Waals surface area contributed by atoms with Crippen LogP contribution >= 0.6 is 0 Å². The Bertz CT molecular complexity index is 471. The molecule has 2 rings (SSSR count). The SMILES string of the molecule is OC(c1ccccc1)(c1cccnc1)C(F)(F)F. The smallest absolute Gasteiger partial charge is 0.372 e. The van der Waals surface area contributed by atoms with Crippen LogP contribution in [0, 0.1) is 0 Å². The predicted octanol–water partition coefficient (Wildman–Crippen LogP) is 2.88. The third-order valence-electron chi connectivity index (χ3n) is 2.68. The van der Waals surface area contributed by atoms with Crippen LogP contribution in [0.25, 0.3) is 0 Å². The molecule has 0 saturated carbocycles. The Morgan fingerprint density at radius 3 is 2.00 bits per heavy atom. The van der Waals surface area contributed by atoms with E-state index in [4.69, 9.17) is 0 Å². The van der Waals surface area contributed by atoms with Crippen LogP contribution in [0.5, 0.6) is 0 Å². The van der Waals surface area contributed by atoms with Gasteiger partial charge in [0, 0.05) is 18.0 Å². The molecule has 1 aromatic carbocycles. The lowest BCUT2D eigenvalue weighted by Crippen LogP contribution is -2.43. The van der Waals surface area contributed by atoms with Gasteiger partial charge in [-0.3, -0.25) is 4.98 Å². The molecule has 2 nitrogen and oxygen atoms in total. The predicted molar refractivity (Wildman–Crippen MR) is 59.7 cm³/mol. The van der Waals surface area contributed by atoms with Crippen LogP contribution in [0.1, 0.15) is 11.1 Å². The normalized spacial score (nSPS) is 15.1. The highest BCUT2D eigenvalue weighted by atomic mass is 19.4. The Labute approximate surface area is 102 Å². The van der Waals surface area contributed by atoms with E-state index in [1.54, 1.807) is 6.07 Å². The monoisotopic (exact) mass is 253 g/mol. The van der Waals surface area contributed by atoms with Crippen LogP contribution in [0.4, 0.5) is 13.2 Å². The summed E-state index contributed by atoms with van der Waals surface area (Å²) in [5.74, 6) is 0. The molecule has 1 aromatic heterocycles. The molecule has 94 valence electrons. The summed E-state index contributed by atoms with van der Waals surface area (Å²) in [4.78, 5) is 3.63. The lowest BCUT2D eigenvalue weighted by Gasteiger charge is -2.31. The molecule has 18 heavy (non-hydrogen) atoms. The minimum absolute atomic E-state index is 0.231. The zero-order chi connectivity index (χ0) is 13.2. The van der Waals surface area contributed by atoms with Crippen molar-refractivity contribution in [2.75, 3.05) is 0 Å². The van der Waals surface area contributed by atoms with Crippen LogP contribution in [-0.2, 0) is 5.60 Å². The van der Waals surface area contributed by atoms with Crippen LogP contribution < -0.4 is 0 Å². The highest BCUT2D eigenvalue weighted by Crippen LogP contribution is 2.43. The van der Waals surface area contributed by atoms with Crippen molar-refractivity contribution >= 4 is 0 Å². The average Bonchev–Trinajstić information content (AvgIpc) is 2.38. The van der Waals surface area contributed by atoms with Crippen LogP contribution in [-0.4, -0.2) is 16.3 Å². The minimum atomic E-state index is -4.82.